The summed E-state index contributed by atoms with van der Waals surface area (Å²) in [6, 6.07) is -1.05. The highest BCUT2D eigenvalue weighted by Crippen LogP contribution is 2.24. The van der Waals surface area contributed by atoms with Crippen molar-refractivity contribution in [3.05, 3.63) is 0 Å². The van der Waals surface area contributed by atoms with E-state index in [9.17, 15) is 9.59 Å². The Labute approximate surface area is 126 Å². The van der Waals surface area contributed by atoms with Gasteiger partial charge in [-0.1, -0.05) is 26.2 Å². The van der Waals surface area contributed by atoms with Crippen LogP contribution in [0.1, 0.15) is 45.4 Å². The van der Waals surface area contributed by atoms with E-state index < -0.39 is 12.1 Å². The Morgan fingerprint density at radius 2 is 2.05 bits per heavy atom. The number of halogens is 1. The summed E-state index contributed by atoms with van der Waals surface area (Å²) in [6.07, 6.45) is 5.58. The molecule has 0 aliphatic heterocycles. The van der Waals surface area contributed by atoms with Gasteiger partial charge in [0.15, 0.2) is 0 Å². The summed E-state index contributed by atoms with van der Waals surface area (Å²) in [4.78, 5) is 23.1. The predicted molar refractivity (Wildman–Crippen MR) is 81.6 cm³/mol. The highest BCUT2D eigenvalue weighted by Gasteiger charge is 2.29. The Kier molecular flexibility index (Phi) is 9.33. The third-order valence-corrected chi connectivity index (χ3v) is 3.77. The topological polar surface area (TPSA) is 110 Å². The fourth-order valence-electron chi connectivity index (χ4n) is 2.64. The highest BCUT2D eigenvalue weighted by atomic mass is 35.5. The van der Waals surface area contributed by atoms with Crippen LogP contribution >= 0.6 is 12.4 Å². The molecule has 0 saturated heterocycles. The van der Waals surface area contributed by atoms with E-state index >= 15 is 0 Å². The average molecular weight is 307 g/mol. The zero-order valence-corrected chi connectivity index (χ0v) is 12.9. The third kappa shape index (κ3) is 5.96. The Morgan fingerprint density at radius 3 is 2.60 bits per heavy atom. The second-order valence-electron chi connectivity index (χ2n) is 5.25. The van der Waals surface area contributed by atoms with E-state index in [0.717, 1.165) is 32.1 Å². The second kappa shape index (κ2) is 9.83. The van der Waals surface area contributed by atoms with Gasteiger partial charge >= 0.3 is 6.03 Å². The molecule has 6 N–H and O–H groups in total. The molecule has 1 aliphatic rings. The molecule has 1 fully saturated rings. The summed E-state index contributed by atoms with van der Waals surface area (Å²) in [6.45, 7) is 2.63. The maximum absolute atomic E-state index is 12.2. The molecule has 118 valence electrons. The van der Waals surface area contributed by atoms with Crippen molar-refractivity contribution in [2.75, 3.05) is 6.54 Å². The molecule has 0 heterocycles. The Hall–Kier alpha value is -1.01. The van der Waals surface area contributed by atoms with Crippen LogP contribution in [0.2, 0.25) is 0 Å². The van der Waals surface area contributed by atoms with Crippen LogP contribution < -0.4 is 22.1 Å². The largest absolute Gasteiger partial charge is 0.352 e. The van der Waals surface area contributed by atoms with Crippen molar-refractivity contribution in [2.45, 2.75) is 57.5 Å². The molecule has 0 radical (unpaired) electrons. The molecule has 3 amide bonds. The van der Waals surface area contributed by atoms with Crippen molar-refractivity contribution in [2.24, 2.45) is 17.4 Å². The Balaban J connectivity index is 0.00000361. The van der Waals surface area contributed by atoms with Gasteiger partial charge in [0.05, 0.1) is 0 Å². The van der Waals surface area contributed by atoms with E-state index in [2.05, 4.69) is 10.6 Å². The molecule has 3 unspecified atom stereocenters. The molecule has 0 bridgehead atoms. The molecule has 1 saturated carbocycles. The summed E-state index contributed by atoms with van der Waals surface area (Å²) >= 11 is 0. The van der Waals surface area contributed by atoms with Crippen molar-refractivity contribution in [1.82, 2.24) is 10.6 Å². The molecule has 7 heteroatoms. The molecular weight excluding hydrogens is 280 g/mol. The van der Waals surface area contributed by atoms with Gasteiger partial charge in [0, 0.05) is 6.04 Å². The van der Waals surface area contributed by atoms with Gasteiger partial charge in [-0.15, -0.1) is 12.4 Å². The number of primary amides is 1. The van der Waals surface area contributed by atoms with E-state index in [1.54, 1.807) is 0 Å². The first kappa shape index (κ1) is 19.0. The Morgan fingerprint density at radius 1 is 1.35 bits per heavy atom. The lowest BCUT2D eigenvalue weighted by Crippen LogP contribution is -2.52. The first-order chi connectivity index (χ1) is 9.08. The minimum Gasteiger partial charge on any atom is -0.352 e. The SMILES string of the molecule is CCCCC(NC(N)=O)C(=O)NC1CCCC1CN.Cl. The maximum atomic E-state index is 12.2. The number of nitrogens with one attached hydrogen (secondary N) is 2. The van der Waals surface area contributed by atoms with E-state index in [1.807, 2.05) is 6.92 Å². The predicted octanol–water partition coefficient (Wildman–Crippen LogP) is 0.879. The van der Waals surface area contributed by atoms with Crippen LogP contribution in [0, 0.1) is 5.92 Å². The van der Waals surface area contributed by atoms with Crippen LogP contribution in [0.5, 0.6) is 0 Å². The molecule has 0 spiro atoms. The quantitative estimate of drug-likeness (QED) is 0.560. The molecule has 6 nitrogen and oxygen atoms in total. The van der Waals surface area contributed by atoms with E-state index in [-0.39, 0.29) is 24.4 Å². The van der Waals surface area contributed by atoms with Gasteiger partial charge in [-0.25, -0.2) is 4.79 Å². The van der Waals surface area contributed by atoms with E-state index in [1.165, 1.54) is 0 Å². The average Bonchev–Trinajstić information content (AvgIpc) is 2.81. The zero-order chi connectivity index (χ0) is 14.3. The second-order valence-corrected chi connectivity index (χ2v) is 5.25. The van der Waals surface area contributed by atoms with Gasteiger partial charge in [-0.2, -0.15) is 0 Å². The molecule has 0 aromatic heterocycles. The third-order valence-electron chi connectivity index (χ3n) is 3.77. The molecule has 1 aliphatic carbocycles. The summed E-state index contributed by atoms with van der Waals surface area (Å²) in [5, 5.41) is 5.52. The number of urea groups is 1. The minimum atomic E-state index is -0.655. The lowest BCUT2D eigenvalue weighted by molar-refractivity contribution is -0.124. The molecular formula is C13H27ClN4O2. The lowest BCUT2D eigenvalue weighted by Gasteiger charge is -2.23. The summed E-state index contributed by atoms with van der Waals surface area (Å²) in [5.74, 6) is 0.210. The number of amides is 3. The number of rotatable bonds is 7. The lowest BCUT2D eigenvalue weighted by atomic mass is 10.0. The van der Waals surface area contributed by atoms with Crippen LogP contribution in [0.25, 0.3) is 0 Å². The van der Waals surface area contributed by atoms with Gasteiger partial charge in [-0.05, 0) is 31.7 Å². The van der Waals surface area contributed by atoms with Crippen LogP contribution in [-0.4, -0.2) is 30.6 Å². The fourth-order valence-corrected chi connectivity index (χ4v) is 2.64. The Bertz CT molecular complexity index is 315. The number of carbonyl (C=O) groups is 2. The van der Waals surface area contributed by atoms with Crippen molar-refractivity contribution < 1.29 is 9.59 Å². The monoisotopic (exact) mass is 306 g/mol. The van der Waals surface area contributed by atoms with Gasteiger partial charge in [0.1, 0.15) is 6.04 Å². The zero-order valence-electron chi connectivity index (χ0n) is 12.1. The van der Waals surface area contributed by atoms with Crippen LogP contribution in [0.4, 0.5) is 4.79 Å². The van der Waals surface area contributed by atoms with Crippen LogP contribution in [0.15, 0.2) is 0 Å². The molecule has 1 rings (SSSR count). The van der Waals surface area contributed by atoms with Crippen molar-refractivity contribution in [3.8, 4) is 0 Å². The minimum absolute atomic E-state index is 0. The summed E-state index contributed by atoms with van der Waals surface area (Å²) in [5.41, 5.74) is 10.8. The van der Waals surface area contributed by atoms with Crippen molar-refractivity contribution in [1.29, 1.82) is 0 Å². The number of hydrogen-bond acceptors (Lipinski definition) is 3. The standard InChI is InChI=1S/C13H26N4O2.ClH/c1-2-3-6-11(17-13(15)19)12(18)16-10-7-4-5-9(10)8-14;/h9-11H,2-8,14H2,1H3,(H,16,18)(H3,15,17,19);1H. The van der Waals surface area contributed by atoms with Gasteiger partial charge in [0.2, 0.25) is 5.91 Å². The molecule has 0 aromatic rings. The van der Waals surface area contributed by atoms with Gasteiger partial charge < -0.3 is 22.1 Å². The summed E-state index contributed by atoms with van der Waals surface area (Å²) in [7, 11) is 0. The van der Waals surface area contributed by atoms with Crippen molar-refractivity contribution in [3.63, 3.8) is 0 Å². The first-order valence-corrected chi connectivity index (χ1v) is 7.14. The van der Waals surface area contributed by atoms with E-state index in [4.69, 9.17) is 11.5 Å². The van der Waals surface area contributed by atoms with Gasteiger partial charge in [-0.3, -0.25) is 4.79 Å². The number of carbonyl (C=O) groups excluding carboxylic acids is 2. The van der Waals surface area contributed by atoms with Crippen LogP contribution in [0.3, 0.4) is 0 Å². The molecule has 0 aromatic carbocycles. The number of nitrogens with two attached hydrogens (primary N) is 2. The number of hydrogen-bond donors (Lipinski definition) is 4. The highest BCUT2D eigenvalue weighted by molar-refractivity contribution is 5.86. The first-order valence-electron chi connectivity index (χ1n) is 7.14. The van der Waals surface area contributed by atoms with E-state index in [0.29, 0.717) is 18.9 Å². The molecule has 3 atom stereocenters. The number of unbranched alkanes of at least 4 members (excludes halogenated alkanes) is 1. The van der Waals surface area contributed by atoms with Gasteiger partial charge in [0.25, 0.3) is 0 Å². The normalized spacial score (nSPS) is 22.7. The maximum Gasteiger partial charge on any atom is 0.312 e. The summed E-state index contributed by atoms with van der Waals surface area (Å²) < 4.78 is 0. The smallest absolute Gasteiger partial charge is 0.312 e. The molecule has 20 heavy (non-hydrogen) atoms. The van der Waals surface area contributed by atoms with Crippen LogP contribution in [-0.2, 0) is 4.79 Å². The fraction of sp³-hybridized carbons (Fsp3) is 0.846. The van der Waals surface area contributed by atoms with Crippen molar-refractivity contribution >= 4 is 24.3 Å².